The van der Waals surface area contributed by atoms with Crippen LogP contribution in [0.3, 0.4) is 0 Å². The molecular formula is C12H24N2O. The SMILES string of the molecule is COCC1=CCN(CC(C)(C)CN)CC1. The lowest BCUT2D eigenvalue weighted by atomic mass is 9.92. The van der Waals surface area contributed by atoms with Gasteiger partial charge in [0.05, 0.1) is 6.61 Å². The van der Waals surface area contributed by atoms with Gasteiger partial charge in [0.2, 0.25) is 0 Å². The van der Waals surface area contributed by atoms with Gasteiger partial charge in [-0.2, -0.15) is 0 Å². The van der Waals surface area contributed by atoms with E-state index in [2.05, 4.69) is 24.8 Å². The first-order valence-corrected chi connectivity index (χ1v) is 5.66. The Morgan fingerprint density at radius 1 is 1.53 bits per heavy atom. The molecular weight excluding hydrogens is 188 g/mol. The third kappa shape index (κ3) is 4.33. The maximum atomic E-state index is 5.74. The summed E-state index contributed by atoms with van der Waals surface area (Å²) >= 11 is 0. The minimum atomic E-state index is 0.229. The van der Waals surface area contributed by atoms with Gasteiger partial charge in [0.25, 0.3) is 0 Å². The quantitative estimate of drug-likeness (QED) is 0.697. The topological polar surface area (TPSA) is 38.5 Å². The molecule has 0 aromatic heterocycles. The van der Waals surface area contributed by atoms with Crippen LogP contribution in [0.5, 0.6) is 0 Å². The van der Waals surface area contributed by atoms with Crippen molar-refractivity contribution < 1.29 is 4.74 Å². The minimum Gasteiger partial charge on any atom is -0.380 e. The standard InChI is InChI=1S/C12H24N2O/c1-12(2,9-13)10-14-6-4-11(5-7-14)8-15-3/h4H,5-10,13H2,1-3H3. The van der Waals surface area contributed by atoms with Crippen LogP contribution in [0.2, 0.25) is 0 Å². The Morgan fingerprint density at radius 3 is 2.73 bits per heavy atom. The van der Waals surface area contributed by atoms with Crippen LogP contribution in [-0.4, -0.2) is 44.8 Å². The van der Waals surface area contributed by atoms with Crippen LogP contribution in [0.4, 0.5) is 0 Å². The van der Waals surface area contributed by atoms with E-state index in [-0.39, 0.29) is 5.41 Å². The normalized spacial score (nSPS) is 19.1. The zero-order valence-corrected chi connectivity index (χ0v) is 10.3. The Bertz CT molecular complexity index is 224. The smallest absolute Gasteiger partial charge is 0.0673 e. The number of hydrogen-bond acceptors (Lipinski definition) is 3. The van der Waals surface area contributed by atoms with Crippen molar-refractivity contribution in [2.24, 2.45) is 11.1 Å². The molecule has 0 aromatic rings. The predicted molar refractivity (Wildman–Crippen MR) is 63.9 cm³/mol. The highest BCUT2D eigenvalue weighted by Crippen LogP contribution is 2.18. The van der Waals surface area contributed by atoms with Gasteiger partial charge in [0, 0.05) is 26.7 Å². The molecule has 0 aliphatic carbocycles. The molecule has 3 nitrogen and oxygen atoms in total. The van der Waals surface area contributed by atoms with Crippen molar-refractivity contribution >= 4 is 0 Å². The molecule has 0 unspecified atom stereocenters. The molecule has 0 radical (unpaired) electrons. The lowest BCUT2D eigenvalue weighted by molar-refractivity contribution is 0.180. The van der Waals surface area contributed by atoms with E-state index in [1.54, 1.807) is 7.11 Å². The molecule has 0 atom stereocenters. The van der Waals surface area contributed by atoms with Gasteiger partial charge in [-0.3, -0.25) is 4.90 Å². The Balaban J connectivity index is 2.37. The van der Waals surface area contributed by atoms with Crippen LogP contribution in [0.15, 0.2) is 11.6 Å². The van der Waals surface area contributed by atoms with Crippen LogP contribution in [0.25, 0.3) is 0 Å². The molecule has 15 heavy (non-hydrogen) atoms. The van der Waals surface area contributed by atoms with E-state index in [1.165, 1.54) is 5.57 Å². The molecule has 0 saturated carbocycles. The van der Waals surface area contributed by atoms with Gasteiger partial charge >= 0.3 is 0 Å². The summed E-state index contributed by atoms with van der Waals surface area (Å²) in [4.78, 5) is 2.46. The number of rotatable bonds is 5. The van der Waals surface area contributed by atoms with Crippen molar-refractivity contribution in [3.63, 3.8) is 0 Å². The second kappa shape index (κ2) is 5.64. The number of ether oxygens (including phenoxy) is 1. The van der Waals surface area contributed by atoms with Crippen LogP contribution < -0.4 is 5.73 Å². The first-order chi connectivity index (χ1) is 7.07. The first-order valence-electron chi connectivity index (χ1n) is 5.66. The molecule has 0 bridgehead atoms. The van der Waals surface area contributed by atoms with Crippen molar-refractivity contribution in [1.29, 1.82) is 0 Å². The average molecular weight is 212 g/mol. The average Bonchev–Trinajstić information content (AvgIpc) is 2.21. The van der Waals surface area contributed by atoms with Gasteiger partial charge in [-0.05, 0) is 24.0 Å². The summed E-state index contributed by atoms with van der Waals surface area (Å²) in [5.74, 6) is 0. The lowest BCUT2D eigenvalue weighted by Gasteiger charge is -2.33. The first kappa shape index (κ1) is 12.7. The van der Waals surface area contributed by atoms with Crippen molar-refractivity contribution in [1.82, 2.24) is 4.90 Å². The summed E-state index contributed by atoms with van der Waals surface area (Å²) in [5.41, 5.74) is 7.40. The Hall–Kier alpha value is -0.380. The van der Waals surface area contributed by atoms with Crippen LogP contribution in [0, 0.1) is 5.41 Å². The minimum absolute atomic E-state index is 0.229. The van der Waals surface area contributed by atoms with Gasteiger partial charge in [-0.1, -0.05) is 19.9 Å². The van der Waals surface area contributed by atoms with E-state index in [0.717, 1.165) is 39.2 Å². The zero-order chi connectivity index (χ0) is 11.3. The van der Waals surface area contributed by atoms with Crippen molar-refractivity contribution in [3.8, 4) is 0 Å². The van der Waals surface area contributed by atoms with Gasteiger partial charge in [0.1, 0.15) is 0 Å². The third-order valence-corrected chi connectivity index (χ3v) is 2.92. The molecule has 1 aliphatic heterocycles. The highest BCUT2D eigenvalue weighted by atomic mass is 16.5. The fourth-order valence-corrected chi connectivity index (χ4v) is 1.88. The molecule has 0 fully saturated rings. The van der Waals surface area contributed by atoms with Crippen molar-refractivity contribution in [2.75, 3.05) is 39.9 Å². The fraction of sp³-hybridized carbons (Fsp3) is 0.833. The van der Waals surface area contributed by atoms with Crippen LogP contribution in [0.1, 0.15) is 20.3 Å². The summed E-state index contributed by atoms with van der Waals surface area (Å²) in [6.45, 7) is 9.25. The van der Waals surface area contributed by atoms with Crippen LogP contribution in [-0.2, 0) is 4.74 Å². The number of hydrogen-bond donors (Lipinski definition) is 1. The molecule has 1 heterocycles. The maximum Gasteiger partial charge on any atom is 0.0673 e. The second-order valence-corrected chi connectivity index (χ2v) is 5.15. The molecule has 0 saturated heterocycles. The third-order valence-electron chi connectivity index (χ3n) is 2.92. The van der Waals surface area contributed by atoms with E-state index < -0.39 is 0 Å². The largest absolute Gasteiger partial charge is 0.380 e. The molecule has 0 aromatic carbocycles. The Morgan fingerprint density at radius 2 is 2.27 bits per heavy atom. The highest BCUT2D eigenvalue weighted by molar-refractivity contribution is 5.07. The Kier molecular flexibility index (Phi) is 4.77. The maximum absolute atomic E-state index is 5.74. The number of methoxy groups -OCH3 is 1. The lowest BCUT2D eigenvalue weighted by Crippen LogP contribution is -2.40. The number of nitrogens with zero attached hydrogens (tertiary/aromatic N) is 1. The van der Waals surface area contributed by atoms with E-state index in [4.69, 9.17) is 10.5 Å². The second-order valence-electron chi connectivity index (χ2n) is 5.15. The molecule has 0 amide bonds. The van der Waals surface area contributed by atoms with Gasteiger partial charge in [-0.25, -0.2) is 0 Å². The molecule has 2 N–H and O–H groups in total. The monoisotopic (exact) mass is 212 g/mol. The van der Waals surface area contributed by atoms with E-state index in [9.17, 15) is 0 Å². The summed E-state index contributed by atoms with van der Waals surface area (Å²) < 4.78 is 5.13. The van der Waals surface area contributed by atoms with E-state index in [1.807, 2.05) is 0 Å². The molecule has 1 aliphatic rings. The molecule has 88 valence electrons. The summed E-state index contributed by atoms with van der Waals surface area (Å²) in [6, 6.07) is 0. The Labute approximate surface area is 93.3 Å². The van der Waals surface area contributed by atoms with Crippen molar-refractivity contribution in [2.45, 2.75) is 20.3 Å². The predicted octanol–water partition coefficient (Wildman–Crippen LogP) is 1.25. The summed E-state index contributed by atoms with van der Waals surface area (Å²) in [7, 11) is 1.75. The number of nitrogens with two attached hydrogens (primary N) is 1. The molecule has 1 rings (SSSR count). The summed E-state index contributed by atoms with van der Waals surface area (Å²) in [5, 5.41) is 0. The van der Waals surface area contributed by atoms with Crippen molar-refractivity contribution in [3.05, 3.63) is 11.6 Å². The van der Waals surface area contributed by atoms with E-state index >= 15 is 0 Å². The fourth-order valence-electron chi connectivity index (χ4n) is 1.88. The van der Waals surface area contributed by atoms with Gasteiger partial charge in [-0.15, -0.1) is 0 Å². The van der Waals surface area contributed by atoms with Gasteiger partial charge in [0.15, 0.2) is 0 Å². The van der Waals surface area contributed by atoms with Crippen LogP contribution >= 0.6 is 0 Å². The molecule has 0 spiro atoms. The zero-order valence-electron chi connectivity index (χ0n) is 10.3. The summed E-state index contributed by atoms with van der Waals surface area (Å²) in [6.07, 6.45) is 3.42. The van der Waals surface area contributed by atoms with E-state index in [0.29, 0.717) is 0 Å². The highest BCUT2D eigenvalue weighted by Gasteiger charge is 2.21. The molecule has 3 heteroatoms. The van der Waals surface area contributed by atoms with Gasteiger partial charge < -0.3 is 10.5 Å².